The predicted molar refractivity (Wildman–Crippen MR) is 72.8 cm³/mol. The van der Waals surface area contributed by atoms with Crippen molar-refractivity contribution in [3.05, 3.63) is 40.2 Å². The summed E-state index contributed by atoms with van der Waals surface area (Å²) >= 11 is 0. The largest absolute Gasteiger partial charge is 0.493 e. The van der Waals surface area contributed by atoms with Gasteiger partial charge >= 0.3 is 0 Å². The summed E-state index contributed by atoms with van der Waals surface area (Å²) in [6.07, 6.45) is 2.57. The Labute approximate surface area is 111 Å². The number of aldehydes is 1. The Kier molecular flexibility index (Phi) is 4.00. The van der Waals surface area contributed by atoms with E-state index < -0.39 is 0 Å². The van der Waals surface area contributed by atoms with Gasteiger partial charge in [-0.1, -0.05) is 19.9 Å². The van der Waals surface area contributed by atoms with Crippen molar-refractivity contribution in [1.29, 1.82) is 0 Å². The standard InChI is InChI=1S/C15H16O4/c1-10(2)6-7-18-12-4-3-5-13-14(12)15(17)11(8-16)9-19-13/h3-5,8-10H,6-7H2,1-2H3. The molecule has 1 aromatic heterocycles. The van der Waals surface area contributed by atoms with Crippen LogP contribution >= 0.6 is 0 Å². The molecule has 0 aliphatic rings. The number of rotatable bonds is 5. The highest BCUT2D eigenvalue weighted by Gasteiger charge is 2.11. The maximum Gasteiger partial charge on any atom is 0.206 e. The molecule has 0 atom stereocenters. The number of carbonyl (C=O) groups excluding carboxylic acids is 1. The van der Waals surface area contributed by atoms with E-state index in [2.05, 4.69) is 13.8 Å². The van der Waals surface area contributed by atoms with Gasteiger partial charge in [0.05, 0.1) is 12.2 Å². The van der Waals surface area contributed by atoms with Gasteiger partial charge in [-0.3, -0.25) is 9.59 Å². The molecule has 0 radical (unpaired) electrons. The van der Waals surface area contributed by atoms with Gasteiger partial charge in [0, 0.05) is 0 Å². The Morgan fingerprint density at radius 1 is 1.37 bits per heavy atom. The van der Waals surface area contributed by atoms with Crippen LogP contribution in [0.25, 0.3) is 11.0 Å². The Morgan fingerprint density at radius 3 is 2.84 bits per heavy atom. The van der Waals surface area contributed by atoms with Gasteiger partial charge < -0.3 is 9.15 Å². The first-order valence-electron chi connectivity index (χ1n) is 6.26. The second kappa shape index (κ2) is 5.69. The van der Waals surface area contributed by atoms with E-state index >= 15 is 0 Å². The third-order valence-corrected chi connectivity index (χ3v) is 2.87. The molecule has 1 aromatic carbocycles. The van der Waals surface area contributed by atoms with Crippen LogP contribution in [0.2, 0.25) is 0 Å². The molecule has 2 aromatic rings. The summed E-state index contributed by atoms with van der Waals surface area (Å²) in [7, 11) is 0. The van der Waals surface area contributed by atoms with E-state index in [1.165, 1.54) is 6.26 Å². The third kappa shape index (κ3) is 2.84. The zero-order chi connectivity index (χ0) is 13.8. The van der Waals surface area contributed by atoms with Crippen LogP contribution in [0.3, 0.4) is 0 Å². The summed E-state index contributed by atoms with van der Waals surface area (Å²) < 4.78 is 10.9. The molecule has 0 bridgehead atoms. The molecular weight excluding hydrogens is 244 g/mol. The Balaban J connectivity index is 2.43. The topological polar surface area (TPSA) is 56.5 Å². The normalized spacial score (nSPS) is 10.9. The van der Waals surface area contributed by atoms with Crippen LogP contribution in [0.4, 0.5) is 0 Å². The minimum atomic E-state index is -0.351. The van der Waals surface area contributed by atoms with Gasteiger partial charge in [-0.25, -0.2) is 0 Å². The van der Waals surface area contributed by atoms with Crippen LogP contribution in [-0.4, -0.2) is 12.9 Å². The molecule has 0 unspecified atom stereocenters. The van der Waals surface area contributed by atoms with E-state index in [0.29, 0.717) is 35.5 Å². The highest BCUT2D eigenvalue weighted by molar-refractivity contribution is 5.88. The minimum Gasteiger partial charge on any atom is -0.493 e. The molecule has 0 fully saturated rings. The molecule has 19 heavy (non-hydrogen) atoms. The number of ether oxygens (including phenoxy) is 1. The first-order chi connectivity index (χ1) is 9.13. The van der Waals surface area contributed by atoms with Gasteiger partial charge in [0.1, 0.15) is 23.0 Å². The fourth-order valence-corrected chi connectivity index (χ4v) is 1.76. The summed E-state index contributed by atoms with van der Waals surface area (Å²) in [6.45, 7) is 4.73. The van der Waals surface area contributed by atoms with Crippen LogP contribution in [0.1, 0.15) is 30.6 Å². The third-order valence-electron chi connectivity index (χ3n) is 2.87. The van der Waals surface area contributed by atoms with Gasteiger partial charge in [0.25, 0.3) is 0 Å². The van der Waals surface area contributed by atoms with Crippen LogP contribution in [0, 0.1) is 5.92 Å². The van der Waals surface area contributed by atoms with E-state index in [1.54, 1.807) is 18.2 Å². The summed E-state index contributed by atoms with van der Waals surface area (Å²) in [4.78, 5) is 22.9. The number of hydrogen-bond donors (Lipinski definition) is 0. The first-order valence-corrected chi connectivity index (χ1v) is 6.26. The molecule has 0 aliphatic carbocycles. The van der Waals surface area contributed by atoms with E-state index in [4.69, 9.17) is 9.15 Å². The van der Waals surface area contributed by atoms with Gasteiger partial charge in [-0.05, 0) is 24.5 Å². The highest BCUT2D eigenvalue weighted by Crippen LogP contribution is 2.23. The van der Waals surface area contributed by atoms with E-state index in [9.17, 15) is 9.59 Å². The summed E-state index contributed by atoms with van der Waals surface area (Å²) in [5, 5.41) is 0.329. The van der Waals surface area contributed by atoms with Crippen molar-refractivity contribution in [1.82, 2.24) is 0 Å². The van der Waals surface area contributed by atoms with Crippen molar-refractivity contribution >= 4 is 17.3 Å². The molecule has 0 N–H and O–H groups in total. The Morgan fingerprint density at radius 2 is 2.16 bits per heavy atom. The fraction of sp³-hybridized carbons (Fsp3) is 0.333. The summed E-state index contributed by atoms with van der Waals surface area (Å²) in [6, 6.07) is 5.16. The number of hydrogen-bond acceptors (Lipinski definition) is 4. The maximum absolute atomic E-state index is 12.1. The quantitative estimate of drug-likeness (QED) is 0.775. The predicted octanol–water partition coefficient (Wildman–Crippen LogP) is 3.03. The van der Waals surface area contributed by atoms with Gasteiger partial charge in [-0.15, -0.1) is 0 Å². The van der Waals surface area contributed by atoms with Crippen LogP contribution in [0.15, 0.2) is 33.7 Å². The summed E-state index contributed by atoms with van der Waals surface area (Å²) in [5.41, 5.74) is 0.0847. The van der Waals surface area contributed by atoms with Crippen molar-refractivity contribution < 1.29 is 13.9 Å². The molecule has 0 saturated carbocycles. The lowest BCUT2D eigenvalue weighted by atomic mass is 10.1. The van der Waals surface area contributed by atoms with Gasteiger partial charge in [0.15, 0.2) is 6.29 Å². The highest BCUT2D eigenvalue weighted by atomic mass is 16.5. The smallest absolute Gasteiger partial charge is 0.206 e. The first kappa shape index (κ1) is 13.3. The molecule has 0 spiro atoms. The number of carbonyl (C=O) groups is 1. The SMILES string of the molecule is CC(C)CCOc1cccc2occ(C=O)c(=O)c12. The lowest BCUT2D eigenvalue weighted by Gasteiger charge is -2.09. The molecular formula is C15H16O4. The van der Waals surface area contributed by atoms with E-state index in [0.717, 1.165) is 6.42 Å². The van der Waals surface area contributed by atoms with Gasteiger partial charge in [-0.2, -0.15) is 0 Å². The molecule has 4 nitrogen and oxygen atoms in total. The maximum atomic E-state index is 12.1. The minimum absolute atomic E-state index is 0.00686. The molecule has 4 heteroatoms. The van der Waals surface area contributed by atoms with Crippen molar-refractivity contribution in [2.75, 3.05) is 6.61 Å². The zero-order valence-electron chi connectivity index (χ0n) is 11.0. The Bertz CT molecular complexity index is 640. The molecule has 100 valence electrons. The van der Waals surface area contributed by atoms with Crippen molar-refractivity contribution in [2.24, 2.45) is 5.92 Å². The zero-order valence-corrected chi connectivity index (χ0v) is 11.0. The second-order valence-electron chi connectivity index (χ2n) is 4.80. The van der Waals surface area contributed by atoms with Gasteiger partial charge in [0.2, 0.25) is 5.43 Å². The molecule has 1 heterocycles. The summed E-state index contributed by atoms with van der Waals surface area (Å²) in [5.74, 6) is 0.993. The number of fused-ring (bicyclic) bond motifs is 1. The van der Waals surface area contributed by atoms with Crippen molar-refractivity contribution in [3.8, 4) is 5.75 Å². The van der Waals surface area contributed by atoms with E-state index in [1.807, 2.05) is 0 Å². The van der Waals surface area contributed by atoms with Crippen LogP contribution in [-0.2, 0) is 0 Å². The lowest BCUT2D eigenvalue weighted by Crippen LogP contribution is -2.10. The molecule has 0 aliphatic heterocycles. The molecule has 2 rings (SSSR count). The molecule has 0 saturated heterocycles. The fourth-order valence-electron chi connectivity index (χ4n) is 1.76. The van der Waals surface area contributed by atoms with Crippen molar-refractivity contribution in [2.45, 2.75) is 20.3 Å². The number of benzene rings is 1. The van der Waals surface area contributed by atoms with E-state index in [-0.39, 0.29) is 11.0 Å². The monoisotopic (exact) mass is 260 g/mol. The second-order valence-corrected chi connectivity index (χ2v) is 4.80. The van der Waals surface area contributed by atoms with Crippen molar-refractivity contribution in [3.63, 3.8) is 0 Å². The Hall–Kier alpha value is -2.10. The average Bonchev–Trinajstić information content (AvgIpc) is 2.39. The molecule has 0 amide bonds. The van der Waals surface area contributed by atoms with Crippen LogP contribution < -0.4 is 10.2 Å². The van der Waals surface area contributed by atoms with Crippen LogP contribution in [0.5, 0.6) is 5.75 Å². The average molecular weight is 260 g/mol. The lowest BCUT2D eigenvalue weighted by molar-refractivity contribution is 0.112.